The number of rotatable bonds is 16. The molecule has 15 nitrogen and oxygen atoms in total. The first-order chi connectivity index (χ1) is 22.4. The Morgan fingerprint density at radius 2 is 1.28 bits per heavy atom. The molecule has 0 aliphatic heterocycles. The number of hydrogen-bond donors (Lipinski definition) is 10. The van der Waals surface area contributed by atoms with Crippen molar-refractivity contribution in [1.82, 2.24) is 25.9 Å². The highest BCUT2D eigenvalue weighted by Crippen LogP contribution is 2.21. The Labute approximate surface area is 270 Å². The highest BCUT2D eigenvalue weighted by Gasteiger charge is 2.32. The van der Waals surface area contributed by atoms with Crippen molar-refractivity contribution in [2.75, 3.05) is 6.54 Å². The van der Waals surface area contributed by atoms with E-state index >= 15 is 0 Å². The van der Waals surface area contributed by atoms with E-state index in [0.29, 0.717) is 11.1 Å². The Balaban J connectivity index is 1.56. The largest absolute Gasteiger partial charge is 0.480 e. The van der Waals surface area contributed by atoms with Gasteiger partial charge in [0.1, 0.15) is 24.2 Å². The molecule has 0 bridgehead atoms. The van der Waals surface area contributed by atoms with E-state index in [4.69, 9.17) is 17.2 Å². The number of nitrogens with two attached hydrogens (primary N) is 3. The molecular formula is C32H41N9O6. The zero-order valence-electron chi connectivity index (χ0n) is 25.9. The quantitative estimate of drug-likeness (QED) is 0.0435. The highest BCUT2D eigenvalue weighted by molar-refractivity contribution is 5.95. The summed E-state index contributed by atoms with van der Waals surface area (Å²) >= 11 is 0. The summed E-state index contributed by atoms with van der Waals surface area (Å²) in [6.45, 7) is 1.50. The molecule has 0 aliphatic rings. The van der Waals surface area contributed by atoms with E-state index in [0.717, 1.165) is 21.8 Å². The van der Waals surface area contributed by atoms with Gasteiger partial charge in [0, 0.05) is 53.6 Å². The van der Waals surface area contributed by atoms with Crippen LogP contribution in [0.1, 0.15) is 30.9 Å². The number of carboxylic acids is 1. The SMILES string of the molecule is CC(O)C(N)C(=O)NC(Cc1c[nH]c2ccccc12)C(=O)NC(CCCN=C(N)N)C(=O)NC(Cc1c[nH]c2ccccc12)C(=O)O. The van der Waals surface area contributed by atoms with Gasteiger partial charge in [0.15, 0.2) is 5.96 Å². The van der Waals surface area contributed by atoms with Crippen LogP contribution in [0.4, 0.5) is 0 Å². The third kappa shape index (κ3) is 9.08. The monoisotopic (exact) mass is 647 g/mol. The molecular weight excluding hydrogens is 606 g/mol. The summed E-state index contributed by atoms with van der Waals surface area (Å²) in [6.07, 6.45) is 2.54. The summed E-state index contributed by atoms with van der Waals surface area (Å²) in [5.41, 5.74) is 19.7. The molecule has 0 aliphatic carbocycles. The smallest absolute Gasteiger partial charge is 0.326 e. The fraction of sp³-hybridized carbons (Fsp3) is 0.344. The van der Waals surface area contributed by atoms with Gasteiger partial charge in [-0.2, -0.15) is 0 Å². The molecule has 4 rings (SSSR count). The van der Waals surface area contributed by atoms with E-state index in [2.05, 4.69) is 30.9 Å². The Morgan fingerprint density at radius 3 is 1.81 bits per heavy atom. The van der Waals surface area contributed by atoms with Crippen molar-refractivity contribution in [2.24, 2.45) is 22.2 Å². The summed E-state index contributed by atoms with van der Waals surface area (Å²) in [5.74, 6) is -3.63. The molecule has 0 saturated carbocycles. The summed E-state index contributed by atoms with van der Waals surface area (Å²) in [5, 5.41) is 29.4. The maximum absolute atomic E-state index is 13.8. The van der Waals surface area contributed by atoms with Crippen LogP contribution in [-0.4, -0.2) is 86.6 Å². The van der Waals surface area contributed by atoms with Crippen LogP contribution in [-0.2, 0) is 32.0 Å². The number of hydrogen-bond acceptors (Lipinski definition) is 7. The van der Waals surface area contributed by atoms with E-state index in [-0.39, 0.29) is 38.2 Å². The lowest BCUT2D eigenvalue weighted by atomic mass is 10.0. The predicted molar refractivity (Wildman–Crippen MR) is 177 cm³/mol. The third-order valence-electron chi connectivity index (χ3n) is 7.85. The number of aromatic nitrogens is 2. The minimum absolute atomic E-state index is 0.0176. The molecule has 0 saturated heterocycles. The Kier molecular flexibility index (Phi) is 11.5. The van der Waals surface area contributed by atoms with Crippen LogP contribution in [0.15, 0.2) is 65.9 Å². The maximum Gasteiger partial charge on any atom is 0.326 e. The molecule has 0 spiro atoms. The second-order valence-corrected chi connectivity index (χ2v) is 11.4. The second kappa shape index (κ2) is 15.7. The minimum atomic E-state index is -1.32. The van der Waals surface area contributed by atoms with Crippen molar-refractivity contribution in [2.45, 2.75) is 62.9 Å². The predicted octanol–water partition coefficient (Wildman–Crippen LogP) is -0.265. The van der Waals surface area contributed by atoms with Gasteiger partial charge >= 0.3 is 5.97 Å². The van der Waals surface area contributed by atoms with E-state index in [9.17, 15) is 29.4 Å². The number of aliphatic imine (C=N–C) groups is 1. The number of aromatic amines is 2. The van der Waals surface area contributed by atoms with Crippen LogP contribution < -0.4 is 33.2 Å². The molecule has 5 unspecified atom stereocenters. The normalized spacial score (nSPS) is 14.4. The Bertz CT molecular complexity index is 1740. The van der Waals surface area contributed by atoms with E-state index in [1.807, 2.05) is 48.5 Å². The van der Waals surface area contributed by atoms with Crippen molar-refractivity contribution in [1.29, 1.82) is 0 Å². The van der Waals surface area contributed by atoms with Gasteiger partial charge in [-0.3, -0.25) is 19.4 Å². The molecule has 15 heteroatoms. The number of nitrogens with zero attached hydrogens (tertiary/aromatic N) is 1. The number of nitrogens with one attached hydrogen (secondary N) is 5. The molecule has 13 N–H and O–H groups in total. The molecule has 0 radical (unpaired) electrons. The van der Waals surface area contributed by atoms with Crippen molar-refractivity contribution < 1.29 is 29.4 Å². The number of carbonyl (C=O) groups is 4. The fourth-order valence-electron chi connectivity index (χ4n) is 5.25. The number of benzene rings is 2. The van der Waals surface area contributed by atoms with Crippen LogP contribution in [0.25, 0.3) is 21.8 Å². The van der Waals surface area contributed by atoms with E-state index in [1.165, 1.54) is 6.92 Å². The number of H-pyrrole nitrogens is 2. The summed E-state index contributed by atoms with van der Waals surface area (Å²) < 4.78 is 0. The van der Waals surface area contributed by atoms with Gasteiger partial charge in [0.2, 0.25) is 17.7 Å². The van der Waals surface area contributed by atoms with Gasteiger partial charge in [0.05, 0.1) is 6.10 Å². The van der Waals surface area contributed by atoms with Crippen LogP contribution in [0.5, 0.6) is 0 Å². The number of fused-ring (bicyclic) bond motifs is 2. The first kappa shape index (κ1) is 34.5. The molecule has 3 amide bonds. The number of carboxylic acid groups (broad SMARTS) is 1. The van der Waals surface area contributed by atoms with Gasteiger partial charge in [-0.1, -0.05) is 36.4 Å². The van der Waals surface area contributed by atoms with E-state index in [1.54, 1.807) is 12.4 Å². The van der Waals surface area contributed by atoms with Crippen LogP contribution in [0.2, 0.25) is 0 Å². The lowest BCUT2D eigenvalue weighted by Crippen LogP contribution is -2.58. The second-order valence-electron chi connectivity index (χ2n) is 11.4. The van der Waals surface area contributed by atoms with Crippen molar-refractivity contribution in [3.63, 3.8) is 0 Å². The number of aliphatic hydroxyl groups excluding tert-OH is 1. The number of carbonyl (C=O) groups excluding carboxylic acids is 3. The molecule has 250 valence electrons. The highest BCUT2D eigenvalue weighted by atomic mass is 16.4. The topological polar surface area (TPSA) is 267 Å². The minimum Gasteiger partial charge on any atom is -0.480 e. The molecule has 2 aromatic carbocycles. The molecule has 2 heterocycles. The standard InChI is InChI=1S/C32H41N9O6/c1-17(42)27(33)30(45)40-25(13-18-15-37-22-9-4-2-7-20(18)22)29(44)39-24(11-6-12-36-32(34)35)28(43)41-26(31(46)47)14-19-16-38-23-10-5-3-8-21(19)23/h2-5,7-10,15-17,24-27,37-38,42H,6,11-14,33H2,1H3,(H,39,44)(H,40,45)(H,41,43)(H,46,47)(H4,34,35,36). The Hall–Kier alpha value is -5.41. The summed E-state index contributed by atoms with van der Waals surface area (Å²) in [7, 11) is 0. The number of aliphatic hydroxyl groups is 1. The molecule has 47 heavy (non-hydrogen) atoms. The summed E-state index contributed by atoms with van der Waals surface area (Å²) in [4.78, 5) is 62.7. The number of para-hydroxylation sites is 2. The van der Waals surface area contributed by atoms with Crippen LogP contribution in [0, 0.1) is 0 Å². The molecule has 5 atom stereocenters. The van der Waals surface area contributed by atoms with Crippen molar-refractivity contribution in [3.8, 4) is 0 Å². The Morgan fingerprint density at radius 1 is 0.787 bits per heavy atom. The lowest BCUT2D eigenvalue weighted by Gasteiger charge is -2.25. The molecule has 2 aromatic heterocycles. The van der Waals surface area contributed by atoms with Gasteiger partial charge in [-0.05, 0) is 43.0 Å². The third-order valence-corrected chi connectivity index (χ3v) is 7.85. The number of aliphatic carboxylic acids is 1. The fourth-order valence-corrected chi connectivity index (χ4v) is 5.25. The molecule has 4 aromatic rings. The first-order valence-electron chi connectivity index (χ1n) is 15.2. The zero-order chi connectivity index (χ0) is 34.1. The number of amides is 3. The van der Waals surface area contributed by atoms with Gasteiger partial charge in [-0.15, -0.1) is 0 Å². The number of guanidine groups is 1. The van der Waals surface area contributed by atoms with Crippen molar-refractivity contribution >= 4 is 51.5 Å². The van der Waals surface area contributed by atoms with Crippen molar-refractivity contribution in [3.05, 3.63) is 72.1 Å². The lowest BCUT2D eigenvalue weighted by molar-refractivity contribution is -0.142. The molecule has 0 fully saturated rings. The van der Waals surface area contributed by atoms with Crippen LogP contribution >= 0.6 is 0 Å². The zero-order valence-corrected chi connectivity index (χ0v) is 25.9. The van der Waals surface area contributed by atoms with Gasteiger partial charge in [-0.25, -0.2) is 4.79 Å². The average molecular weight is 648 g/mol. The van der Waals surface area contributed by atoms with Crippen LogP contribution in [0.3, 0.4) is 0 Å². The first-order valence-corrected chi connectivity index (χ1v) is 15.2. The average Bonchev–Trinajstić information content (AvgIpc) is 3.65. The van der Waals surface area contributed by atoms with E-state index < -0.39 is 54.0 Å². The van der Waals surface area contributed by atoms with Gasteiger partial charge in [0.25, 0.3) is 0 Å². The van der Waals surface area contributed by atoms with Gasteiger partial charge < -0.3 is 53.3 Å². The maximum atomic E-state index is 13.8. The summed E-state index contributed by atoms with van der Waals surface area (Å²) in [6, 6.07) is 9.74.